The number of anilines is 1. The normalized spacial score (nSPS) is 12.3. The van der Waals surface area contributed by atoms with Crippen LogP contribution in [-0.4, -0.2) is 50.5 Å². The molecule has 0 aromatic heterocycles. The third kappa shape index (κ3) is 9.20. The van der Waals surface area contributed by atoms with E-state index in [4.69, 9.17) is 23.2 Å². The number of sulfonamides is 1. The predicted molar refractivity (Wildman–Crippen MR) is 152 cm³/mol. The van der Waals surface area contributed by atoms with E-state index in [1.54, 1.807) is 35.2 Å². The minimum Gasteiger partial charge on any atom is -0.354 e. The Hall–Kier alpha value is -2.29. The van der Waals surface area contributed by atoms with Crippen LogP contribution in [0.25, 0.3) is 0 Å². The number of carbonyl (C=O) groups excluding carboxylic acids is 2. The second kappa shape index (κ2) is 14.0. The van der Waals surface area contributed by atoms with Crippen LogP contribution in [0.15, 0.2) is 42.5 Å². The zero-order valence-electron chi connectivity index (χ0n) is 22.1. The molecule has 0 aliphatic rings. The number of para-hydroxylation sites is 1. The van der Waals surface area contributed by atoms with E-state index in [2.05, 4.69) is 5.32 Å². The fourth-order valence-electron chi connectivity index (χ4n) is 4.00. The molecular weight excluding hydrogens is 533 g/mol. The molecule has 0 radical (unpaired) electrons. The van der Waals surface area contributed by atoms with Gasteiger partial charge in [-0.1, -0.05) is 68.2 Å². The molecule has 0 aliphatic heterocycles. The summed E-state index contributed by atoms with van der Waals surface area (Å²) in [7, 11) is -3.55. The van der Waals surface area contributed by atoms with E-state index in [1.165, 1.54) is 4.31 Å². The molecule has 0 spiro atoms. The topological polar surface area (TPSA) is 86.8 Å². The molecule has 204 valence electrons. The summed E-state index contributed by atoms with van der Waals surface area (Å²) < 4.78 is 26.4. The average Bonchev–Trinajstić information content (AvgIpc) is 2.82. The van der Waals surface area contributed by atoms with Crippen LogP contribution in [0.2, 0.25) is 10.0 Å². The standard InChI is InChI=1S/C27H37Cl2N3O4S/c1-6-24(27(34)30-17-19(2)3)31(18-21-13-14-22(28)23(29)16-21)26(33)12-9-15-32(37(5,35)36)25-11-8-7-10-20(25)4/h7-8,10-11,13-14,16,19,24H,6,9,12,15,17-18H2,1-5H3,(H,30,34)/t24-/m1/s1. The second-order valence-corrected chi connectivity index (χ2v) is 12.3. The van der Waals surface area contributed by atoms with Crippen LogP contribution in [0.5, 0.6) is 0 Å². The number of hydrogen-bond donors (Lipinski definition) is 1. The van der Waals surface area contributed by atoms with Crippen molar-refractivity contribution < 1.29 is 18.0 Å². The van der Waals surface area contributed by atoms with E-state index in [0.29, 0.717) is 35.1 Å². The smallest absolute Gasteiger partial charge is 0.242 e. The molecule has 0 aliphatic carbocycles. The van der Waals surface area contributed by atoms with Gasteiger partial charge in [-0.3, -0.25) is 13.9 Å². The Morgan fingerprint density at radius 1 is 1.05 bits per heavy atom. The maximum atomic E-state index is 13.5. The van der Waals surface area contributed by atoms with Gasteiger partial charge in [0.1, 0.15) is 6.04 Å². The molecular formula is C27H37Cl2N3O4S. The minimum atomic E-state index is -3.55. The Morgan fingerprint density at radius 2 is 1.73 bits per heavy atom. The molecule has 0 heterocycles. The molecule has 2 rings (SSSR count). The summed E-state index contributed by atoms with van der Waals surface area (Å²) in [5, 5.41) is 3.70. The number of nitrogens with zero attached hydrogens (tertiary/aromatic N) is 2. The van der Waals surface area contributed by atoms with E-state index in [-0.39, 0.29) is 37.2 Å². The summed E-state index contributed by atoms with van der Waals surface area (Å²) in [4.78, 5) is 28.1. The molecule has 0 fully saturated rings. The lowest BCUT2D eigenvalue weighted by Gasteiger charge is -2.31. The number of aryl methyl sites for hydroxylation is 1. The largest absolute Gasteiger partial charge is 0.354 e. The van der Waals surface area contributed by atoms with Gasteiger partial charge in [0.15, 0.2) is 0 Å². The summed E-state index contributed by atoms with van der Waals surface area (Å²) in [6.45, 7) is 8.54. The van der Waals surface area contributed by atoms with Crippen molar-refractivity contribution in [3.05, 3.63) is 63.6 Å². The third-order valence-corrected chi connectivity index (χ3v) is 7.86. The number of halogens is 2. The molecule has 2 aromatic carbocycles. The van der Waals surface area contributed by atoms with E-state index >= 15 is 0 Å². The van der Waals surface area contributed by atoms with Crippen molar-refractivity contribution in [2.45, 2.75) is 59.5 Å². The zero-order chi connectivity index (χ0) is 27.8. The van der Waals surface area contributed by atoms with Gasteiger partial charge in [-0.15, -0.1) is 0 Å². The Balaban J connectivity index is 2.25. The van der Waals surface area contributed by atoms with Crippen LogP contribution < -0.4 is 9.62 Å². The van der Waals surface area contributed by atoms with Gasteiger partial charge in [-0.2, -0.15) is 0 Å². The fraction of sp³-hybridized carbons (Fsp3) is 0.481. The number of benzene rings is 2. The van der Waals surface area contributed by atoms with Gasteiger partial charge in [-0.05, 0) is 55.0 Å². The lowest BCUT2D eigenvalue weighted by molar-refractivity contribution is -0.141. The van der Waals surface area contributed by atoms with Crippen LogP contribution in [0.3, 0.4) is 0 Å². The highest BCUT2D eigenvalue weighted by atomic mass is 35.5. The Kier molecular flexibility index (Phi) is 11.7. The van der Waals surface area contributed by atoms with Crippen molar-refractivity contribution in [1.82, 2.24) is 10.2 Å². The number of hydrogen-bond acceptors (Lipinski definition) is 4. The van der Waals surface area contributed by atoms with Gasteiger partial charge in [0.25, 0.3) is 0 Å². The Morgan fingerprint density at radius 3 is 2.30 bits per heavy atom. The van der Waals surface area contributed by atoms with Gasteiger partial charge < -0.3 is 10.2 Å². The van der Waals surface area contributed by atoms with Crippen LogP contribution in [0.4, 0.5) is 5.69 Å². The van der Waals surface area contributed by atoms with Crippen LogP contribution in [0, 0.1) is 12.8 Å². The Bertz CT molecular complexity index is 1190. The highest BCUT2D eigenvalue weighted by molar-refractivity contribution is 7.92. The highest BCUT2D eigenvalue weighted by Crippen LogP contribution is 2.25. The van der Waals surface area contributed by atoms with Crippen LogP contribution in [0.1, 0.15) is 51.2 Å². The second-order valence-electron chi connectivity index (χ2n) is 9.56. The summed E-state index contributed by atoms with van der Waals surface area (Å²) in [6, 6.07) is 11.7. The molecule has 7 nitrogen and oxygen atoms in total. The first-order valence-electron chi connectivity index (χ1n) is 12.4. The quantitative estimate of drug-likeness (QED) is 0.348. The van der Waals surface area contributed by atoms with Crippen molar-refractivity contribution in [2.75, 3.05) is 23.7 Å². The zero-order valence-corrected chi connectivity index (χ0v) is 24.5. The molecule has 0 bridgehead atoms. The summed E-state index contributed by atoms with van der Waals surface area (Å²) in [6.07, 6.45) is 1.95. The minimum absolute atomic E-state index is 0.0766. The maximum Gasteiger partial charge on any atom is 0.242 e. The summed E-state index contributed by atoms with van der Waals surface area (Å²) in [5.41, 5.74) is 2.16. The Labute approximate surface area is 231 Å². The van der Waals surface area contributed by atoms with E-state index in [0.717, 1.165) is 17.4 Å². The monoisotopic (exact) mass is 569 g/mol. The van der Waals surface area contributed by atoms with Gasteiger partial charge in [-0.25, -0.2) is 8.42 Å². The number of nitrogens with one attached hydrogen (secondary N) is 1. The maximum absolute atomic E-state index is 13.5. The van der Waals surface area contributed by atoms with Gasteiger partial charge >= 0.3 is 0 Å². The summed E-state index contributed by atoms with van der Waals surface area (Å²) in [5.74, 6) is -0.192. The van der Waals surface area contributed by atoms with Gasteiger partial charge in [0, 0.05) is 26.1 Å². The lowest BCUT2D eigenvalue weighted by atomic mass is 10.1. The first-order valence-corrected chi connectivity index (χ1v) is 15.0. The molecule has 0 unspecified atom stereocenters. The number of carbonyl (C=O) groups is 2. The van der Waals surface area contributed by atoms with Gasteiger partial charge in [0.05, 0.1) is 22.0 Å². The van der Waals surface area contributed by atoms with Crippen molar-refractivity contribution in [3.63, 3.8) is 0 Å². The summed E-state index contributed by atoms with van der Waals surface area (Å²) >= 11 is 12.2. The van der Waals surface area contributed by atoms with E-state index < -0.39 is 16.1 Å². The molecule has 10 heteroatoms. The first kappa shape index (κ1) is 30.9. The molecule has 37 heavy (non-hydrogen) atoms. The third-order valence-electron chi connectivity index (χ3n) is 5.94. The van der Waals surface area contributed by atoms with Crippen molar-refractivity contribution in [2.24, 2.45) is 5.92 Å². The van der Waals surface area contributed by atoms with Crippen LogP contribution >= 0.6 is 23.2 Å². The molecule has 1 N–H and O–H groups in total. The van der Waals surface area contributed by atoms with Crippen molar-refractivity contribution >= 4 is 50.7 Å². The molecule has 0 saturated heterocycles. The molecule has 2 aromatic rings. The lowest BCUT2D eigenvalue weighted by Crippen LogP contribution is -2.49. The predicted octanol–water partition coefficient (Wildman–Crippen LogP) is 5.43. The molecule has 2 amide bonds. The first-order chi connectivity index (χ1) is 17.3. The average molecular weight is 571 g/mol. The van der Waals surface area contributed by atoms with Crippen LogP contribution in [-0.2, 0) is 26.2 Å². The number of rotatable bonds is 13. The fourth-order valence-corrected chi connectivity index (χ4v) is 5.35. The molecule has 0 saturated carbocycles. The number of amides is 2. The molecule has 1 atom stereocenters. The van der Waals surface area contributed by atoms with Crippen molar-refractivity contribution in [1.29, 1.82) is 0 Å². The SMILES string of the molecule is CC[C@H](C(=O)NCC(C)C)N(Cc1ccc(Cl)c(Cl)c1)C(=O)CCCN(c1ccccc1C)S(C)(=O)=O. The van der Waals surface area contributed by atoms with E-state index in [1.807, 2.05) is 39.8 Å². The van der Waals surface area contributed by atoms with Gasteiger partial charge in [0.2, 0.25) is 21.8 Å². The highest BCUT2D eigenvalue weighted by Gasteiger charge is 2.29. The van der Waals surface area contributed by atoms with E-state index in [9.17, 15) is 18.0 Å². The van der Waals surface area contributed by atoms with Crippen molar-refractivity contribution in [3.8, 4) is 0 Å².